The SMILES string of the molecule is COCn1c(-c2cccc(F)c2)nc2c(N)cccc21. The second kappa shape index (κ2) is 4.94. The lowest BCUT2D eigenvalue weighted by Gasteiger charge is -2.08. The van der Waals surface area contributed by atoms with Crippen molar-refractivity contribution in [2.45, 2.75) is 6.73 Å². The number of halogens is 1. The Balaban J connectivity index is 2.29. The third-order valence-corrected chi connectivity index (χ3v) is 3.15. The van der Waals surface area contributed by atoms with Crippen LogP contribution in [-0.2, 0) is 11.5 Å². The van der Waals surface area contributed by atoms with Gasteiger partial charge in [0.15, 0.2) is 0 Å². The van der Waals surface area contributed by atoms with Gasteiger partial charge in [0, 0.05) is 12.7 Å². The molecule has 0 spiro atoms. The predicted octanol–water partition coefficient (Wildman–Crippen LogP) is 3.03. The molecule has 0 fully saturated rings. The first kappa shape index (κ1) is 12.6. The molecular weight excluding hydrogens is 257 g/mol. The van der Waals surface area contributed by atoms with Crippen LogP contribution >= 0.6 is 0 Å². The van der Waals surface area contributed by atoms with Gasteiger partial charge in [0.05, 0.1) is 11.2 Å². The van der Waals surface area contributed by atoms with E-state index in [-0.39, 0.29) is 5.82 Å². The second-order valence-corrected chi connectivity index (χ2v) is 4.51. The second-order valence-electron chi connectivity index (χ2n) is 4.51. The molecule has 4 nitrogen and oxygen atoms in total. The van der Waals surface area contributed by atoms with Gasteiger partial charge in [0.25, 0.3) is 0 Å². The molecule has 3 aromatic rings. The molecule has 1 heterocycles. The molecule has 0 saturated heterocycles. The van der Waals surface area contributed by atoms with Gasteiger partial charge in [-0.25, -0.2) is 9.37 Å². The number of rotatable bonds is 3. The summed E-state index contributed by atoms with van der Waals surface area (Å²) in [6.07, 6.45) is 0. The van der Waals surface area contributed by atoms with Gasteiger partial charge in [-0.15, -0.1) is 0 Å². The van der Waals surface area contributed by atoms with Gasteiger partial charge in [0.1, 0.15) is 23.9 Å². The number of hydrogen-bond donors (Lipinski definition) is 1. The van der Waals surface area contributed by atoms with E-state index < -0.39 is 0 Å². The summed E-state index contributed by atoms with van der Waals surface area (Å²) >= 11 is 0. The van der Waals surface area contributed by atoms with Crippen LogP contribution in [0.1, 0.15) is 0 Å². The lowest BCUT2D eigenvalue weighted by Crippen LogP contribution is -2.02. The maximum atomic E-state index is 13.4. The molecule has 0 atom stereocenters. The van der Waals surface area contributed by atoms with Crippen LogP contribution in [0.2, 0.25) is 0 Å². The average Bonchev–Trinajstić information content (AvgIpc) is 2.80. The highest BCUT2D eigenvalue weighted by Crippen LogP contribution is 2.28. The van der Waals surface area contributed by atoms with Gasteiger partial charge in [-0.1, -0.05) is 18.2 Å². The van der Waals surface area contributed by atoms with E-state index in [1.165, 1.54) is 12.1 Å². The van der Waals surface area contributed by atoms with E-state index in [1.54, 1.807) is 19.2 Å². The van der Waals surface area contributed by atoms with Crippen molar-refractivity contribution in [1.82, 2.24) is 9.55 Å². The molecule has 102 valence electrons. The Bertz CT molecular complexity index is 767. The van der Waals surface area contributed by atoms with Gasteiger partial charge in [-0.05, 0) is 24.3 Å². The van der Waals surface area contributed by atoms with E-state index in [0.717, 1.165) is 5.52 Å². The smallest absolute Gasteiger partial charge is 0.143 e. The summed E-state index contributed by atoms with van der Waals surface area (Å²) in [7, 11) is 1.60. The van der Waals surface area contributed by atoms with Gasteiger partial charge in [0.2, 0.25) is 0 Å². The summed E-state index contributed by atoms with van der Waals surface area (Å²) in [5, 5.41) is 0. The van der Waals surface area contributed by atoms with Crippen LogP contribution in [0.25, 0.3) is 22.4 Å². The third-order valence-electron chi connectivity index (χ3n) is 3.15. The van der Waals surface area contributed by atoms with Crippen molar-refractivity contribution < 1.29 is 9.13 Å². The summed E-state index contributed by atoms with van der Waals surface area (Å²) in [5.74, 6) is 0.339. The van der Waals surface area contributed by atoms with Crippen molar-refractivity contribution in [3.05, 3.63) is 48.3 Å². The molecule has 0 unspecified atom stereocenters. The molecule has 3 rings (SSSR count). The minimum Gasteiger partial charge on any atom is -0.397 e. The van der Waals surface area contributed by atoms with Crippen molar-refractivity contribution in [3.63, 3.8) is 0 Å². The summed E-state index contributed by atoms with van der Waals surface area (Å²) in [5.41, 5.74) is 8.80. The zero-order valence-corrected chi connectivity index (χ0v) is 11.0. The van der Waals surface area contributed by atoms with E-state index in [0.29, 0.717) is 29.3 Å². The van der Waals surface area contributed by atoms with Crippen LogP contribution in [0.5, 0.6) is 0 Å². The number of ether oxygens (including phenoxy) is 1. The molecule has 1 aromatic heterocycles. The number of methoxy groups -OCH3 is 1. The monoisotopic (exact) mass is 271 g/mol. The number of fused-ring (bicyclic) bond motifs is 1. The summed E-state index contributed by atoms with van der Waals surface area (Å²) in [6, 6.07) is 11.9. The standard InChI is InChI=1S/C15H14FN3O/c1-20-9-19-13-7-3-6-12(17)14(13)18-15(19)10-4-2-5-11(16)8-10/h2-8H,9,17H2,1H3. The maximum Gasteiger partial charge on any atom is 0.143 e. The Morgan fingerprint density at radius 3 is 2.80 bits per heavy atom. The molecule has 0 aliphatic carbocycles. The van der Waals surface area contributed by atoms with Crippen molar-refractivity contribution in [1.29, 1.82) is 0 Å². The number of para-hydroxylation sites is 1. The molecular formula is C15H14FN3O. The quantitative estimate of drug-likeness (QED) is 0.745. The third kappa shape index (κ3) is 2.02. The number of nitrogens with zero attached hydrogens (tertiary/aromatic N) is 2. The van der Waals surface area contributed by atoms with Crippen LogP contribution < -0.4 is 5.73 Å². The highest BCUT2D eigenvalue weighted by Gasteiger charge is 2.14. The van der Waals surface area contributed by atoms with Gasteiger partial charge >= 0.3 is 0 Å². The minimum atomic E-state index is -0.300. The molecule has 2 aromatic carbocycles. The first-order valence-electron chi connectivity index (χ1n) is 6.20. The molecule has 5 heteroatoms. The summed E-state index contributed by atoms with van der Waals surface area (Å²) < 4.78 is 20.5. The van der Waals surface area contributed by atoms with E-state index in [2.05, 4.69) is 4.98 Å². The summed E-state index contributed by atoms with van der Waals surface area (Å²) in [6.45, 7) is 0.325. The first-order chi connectivity index (χ1) is 9.70. The highest BCUT2D eigenvalue weighted by molar-refractivity contribution is 5.90. The molecule has 0 radical (unpaired) electrons. The summed E-state index contributed by atoms with van der Waals surface area (Å²) in [4.78, 5) is 4.53. The number of benzene rings is 2. The zero-order valence-electron chi connectivity index (χ0n) is 11.0. The van der Waals surface area contributed by atoms with Crippen LogP contribution in [0.15, 0.2) is 42.5 Å². The predicted molar refractivity (Wildman–Crippen MR) is 76.5 cm³/mol. The van der Waals surface area contributed by atoms with E-state index in [9.17, 15) is 4.39 Å². The van der Waals surface area contributed by atoms with Gasteiger partial charge in [-0.3, -0.25) is 4.57 Å². The topological polar surface area (TPSA) is 53.1 Å². The van der Waals surface area contributed by atoms with Crippen molar-refractivity contribution >= 4 is 16.7 Å². The van der Waals surface area contributed by atoms with E-state index in [4.69, 9.17) is 10.5 Å². The first-order valence-corrected chi connectivity index (χ1v) is 6.20. The largest absolute Gasteiger partial charge is 0.397 e. The molecule has 2 N–H and O–H groups in total. The lowest BCUT2D eigenvalue weighted by molar-refractivity contribution is 0.135. The normalized spacial score (nSPS) is 11.1. The number of aromatic nitrogens is 2. The Labute approximate surface area is 115 Å². The van der Waals surface area contributed by atoms with Crippen molar-refractivity contribution in [3.8, 4) is 11.4 Å². The zero-order chi connectivity index (χ0) is 14.1. The fourth-order valence-corrected chi connectivity index (χ4v) is 2.28. The molecule has 0 saturated carbocycles. The van der Waals surface area contributed by atoms with Crippen LogP contribution in [0.4, 0.5) is 10.1 Å². The Hall–Kier alpha value is -2.40. The Morgan fingerprint density at radius 2 is 2.05 bits per heavy atom. The maximum absolute atomic E-state index is 13.4. The fraction of sp³-hybridized carbons (Fsp3) is 0.133. The fourth-order valence-electron chi connectivity index (χ4n) is 2.28. The van der Waals surface area contributed by atoms with Crippen LogP contribution in [0, 0.1) is 5.82 Å². The molecule has 0 aliphatic heterocycles. The Kier molecular flexibility index (Phi) is 3.12. The molecule has 0 bridgehead atoms. The number of nitrogens with two attached hydrogens (primary N) is 1. The average molecular weight is 271 g/mol. The molecule has 0 aliphatic rings. The van der Waals surface area contributed by atoms with Crippen LogP contribution in [-0.4, -0.2) is 16.7 Å². The van der Waals surface area contributed by atoms with Crippen molar-refractivity contribution in [2.75, 3.05) is 12.8 Å². The molecule has 20 heavy (non-hydrogen) atoms. The minimum absolute atomic E-state index is 0.300. The number of anilines is 1. The van der Waals surface area contributed by atoms with Gasteiger partial charge < -0.3 is 10.5 Å². The number of hydrogen-bond acceptors (Lipinski definition) is 3. The molecule has 0 amide bonds. The van der Waals surface area contributed by atoms with Crippen LogP contribution in [0.3, 0.4) is 0 Å². The van der Waals surface area contributed by atoms with E-state index in [1.807, 2.05) is 22.8 Å². The van der Waals surface area contributed by atoms with Crippen molar-refractivity contribution in [2.24, 2.45) is 0 Å². The highest BCUT2D eigenvalue weighted by atomic mass is 19.1. The number of nitrogen functional groups attached to an aromatic ring is 1. The van der Waals surface area contributed by atoms with E-state index >= 15 is 0 Å². The van der Waals surface area contributed by atoms with Gasteiger partial charge in [-0.2, -0.15) is 0 Å². The Morgan fingerprint density at radius 1 is 1.25 bits per heavy atom. The number of imidazole rings is 1. The lowest BCUT2D eigenvalue weighted by atomic mass is 10.2.